The second-order valence-corrected chi connectivity index (χ2v) is 5.63. The Bertz CT molecular complexity index is 620. The summed E-state index contributed by atoms with van der Waals surface area (Å²) in [6, 6.07) is 11.7. The van der Waals surface area contributed by atoms with Crippen molar-refractivity contribution in [3.8, 4) is 0 Å². The molecule has 0 bridgehead atoms. The molecule has 0 radical (unpaired) electrons. The summed E-state index contributed by atoms with van der Waals surface area (Å²) in [6.45, 7) is 6.33. The lowest BCUT2D eigenvalue weighted by atomic mass is 10.0. The average Bonchev–Trinajstić information content (AvgIpc) is 2.55. The molecule has 1 aromatic heterocycles. The largest absolute Gasteiger partial charge is 0.367 e. The van der Waals surface area contributed by atoms with Crippen LogP contribution in [0, 0.1) is 6.92 Å². The molecule has 1 N–H and O–H groups in total. The van der Waals surface area contributed by atoms with Gasteiger partial charge >= 0.3 is 0 Å². The van der Waals surface area contributed by atoms with Crippen molar-refractivity contribution in [2.75, 3.05) is 5.32 Å². The van der Waals surface area contributed by atoms with Gasteiger partial charge in [-0.3, -0.25) is 4.79 Å². The molecule has 0 aliphatic carbocycles. The number of benzene rings is 1. The molecule has 0 amide bonds. The van der Waals surface area contributed by atoms with Crippen LogP contribution in [0.15, 0.2) is 42.6 Å². The maximum absolute atomic E-state index is 12.7. The predicted molar refractivity (Wildman–Crippen MR) is 91.5 cm³/mol. The summed E-state index contributed by atoms with van der Waals surface area (Å²) in [5, 5.41) is 3.43. The molecule has 2 aromatic rings. The molecule has 0 saturated heterocycles. The molecule has 3 nitrogen and oxygen atoms in total. The van der Waals surface area contributed by atoms with Gasteiger partial charge in [-0.05, 0) is 31.9 Å². The van der Waals surface area contributed by atoms with Gasteiger partial charge in [0.1, 0.15) is 5.82 Å². The predicted octanol–water partition coefficient (Wildman–Crippen LogP) is 4.61. The van der Waals surface area contributed by atoms with Gasteiger partial charge in [-0.15, -0.1) is 0 Å². The zero-order valence-electron chi connectivity index (χ0n) is 13.6. The quantitative estimate of drug-likeness (QED) is 0.758. The monoisotopic (exact) mass is 296 g/mol. The highest BCUT2D eigenvalue weighted by Crippen LogP contribution is 2.19. The van der Waals surface area contributed by atoms with Crippen LogP contribution in [0.25, 0.3) is 0 Å². The normalized spacial score (nSPS) is 12.0. The molecule has 3 heteroatoms. The lowest BCUT2D eigenvalue weighted by molar-refractivity contribution is 0.103. The second kappa shape index (κ2) is 7.74. The van der Waals surface area contributed by atoms with Crippen molar-refractivity contribution in [1.82, 2.24) is 4.98 Å². The zero-order chi connectivity index (χ0) is 15.9. The fraction of sp³-hybridized carbons (Fsp3) is 0.368. The molecule has 0 spiro atoms. The van der Waals surface area contributed by atoms with Gasteiger partial charge < -0.3 is 5.32 Å². The summed E-state index contributed by atoms with van der Waals surface area (Å²) in [7, 11) is 0. The number of nitrogens with one attached hydrogen (secondary N) is 1. The summed E-state index contributed by atoms with van der Waals surface area (Å²) in [6.07, 6.45) is 4.93. The van der Waals surface area contributed by atoms with Crippen LogP contribution in [0.2, 0.25) is 0 Å². The average molecular weight is 296 g/mol. The van der Waals surface area contributed by atoms with Gasteiger partial charge in [0.15, 0.2) is 5.78 Å². The number of nitrogens with zero attached hydrogens (tertiary/aromatic N) is 1. The summed E-state index contributed by atoms with van der Waals surface area (Å²) in [4.78, 5) is 17.1. The van der Waals surface area contributed by atoms with Gasteiger partial charge in [0.25, 0.3) is 0 Å². The number of carbonyl (C=O) groups excluding carboxylic acids is 1. The topological polar surface area (TPSA) is 42.0 Å². The van der Waals surface area contributed by atoms with Gasteiger partial charge in [0.2, 0.25) is 0 Å². The van der Waals surface area contributed by atoms with E-state index in [9.17, 15) is 4.79 Å². The molecule has 1 unspecified atom stereocenters. The maximum atomic E-state index is 12.7. The number of hydrogen-bond acceptors (Lipinski definition) is 3. The van der Waals surface area contributed by atoms with Crippen LogP contribution in [0.5, 0.6) is 0 Å². The Hall–Kier alpha value is -2.16. The molecular weight excluding hydrogens is 272 g/mol. The number of aryl methyl sites for hydroxylation is 1. The highest BCUT2D eigenvalue weighted by Gasteiger charge is 2.16. The number of pyridine rings is 1. The third kappa shape index (κ3) is 3.94. The van der Waals surface area contributed by atoms with Crippen molar-refractivity contribution < 1.29 is 4.79 Å². The highest BCUT2D eigenvalue weighted by molar-refractivity contribution is 6.11. The maximum Gasteiger partial charge on any atom is 0.196 e. The summed E-state index contributed by atoms with van der Waals surface area (Å²) in [5.41, 5.74) is 2.49. The first-order chi connectivity index (χ1) is 10.7. The van der Waals surface area contributed by atoms with E-state index >= 15 is 0 Å². The number of rotatable bonds is 7. The minimum absolute atomic E-state index is 0.0157. The first-order valence-corrected chi connectivity index (χ1v) is 7.98. The van der Waals surface area contributed by atoms with E-state index in [-0.39, 0.29) is 5.78 Å². The number of carbonyl (C=O) groups is 1. The zero-order valence-corrected chi connectivity index (χ0v) is 13.6. The van der Waals surface area contributed by atoms with E-state index in [1.807, 2.05) is 43.3 Å². The van der Waals surface area contributed by atoms with Crippen LogP contribution in [0.1, 0.15) is 54.6 Å². The van der Waals surface area contributed by atoms with Crippen molar-refractivity contribution in [2.45, 2.75) is 46.1 Å². The van der Waals surface area contributed by atoms with E-state index in [0.717, 1.165) is 24.8 Å². The lowest BCUT2D eigenvalue weighted by Crippen LogP contribution is -2.21. The van der Waals surface area contributed by atoms with Crippen LogP contribution in [-0.4, -0.2) is 16.8 Å². The first kappa shape index (κ1) is 16.2. The molecule has 2 rings (SSSR count). The minimum atomic E-state index is 0.0157. The molecule has 0 saturated carbocycles. The Morgan fingerprint density at radius 1 is 1.18 bits per heavy atom. The van der Waals surface area contributed by atoms with Gasteiger partial charge in [0.05, 0.1) is 5.56 Å². The molecule has 0 aliphatic heterocycles. The third-order valence-electron chi connectivity index (χ3n) is 3.84. The minimum Gasteiger partial charge on any atom is -0.367 e. The van der Waals surface area contributed by atoms with Crippen LogP contribution >= 0.6 is 0 Å². The van der Waals surface area contributed by atoms with E-state index in [0.29, 0.717) is 23.0 Å². The van der Waals surface area contributed by atoms with Crippen LogP contribution in [0.4, 0.5) is 5.82 Å². The first-order valence-electron chi connectivity index (χ1n) is 7.98. The Morgan fingerprint density at radius 3 is 2.55 bits per heavy atom. The molecule has 116 valence electrons. The summed E-state index contributed by atoms with van der Waals surface area (Å²) in [5.74, 6) is 0.704. The molecule has 1 atom stereocenters. The summed E-state index contributed by atoms with van der Waals surface area (Å²) >= 11 is 0. The lowest BCUT2D eigenvalue weighted by Gasteiger charge is -2.18. The number of ketones is 1. The van der Waals surface area contributed by atoms with Gasteiger partial charge in [0, 0.05) is 17.8 Å². The SMILES string of the molecule is CCCC(CC)Nc1ncccc1C(=O)c1ccc(C)cc1. The Morgan fingerprint density at radius 2 is 1.91 bits per heavy atom. The van der Waals surface area contributed by atoms with Gasteiger partial charge in [-0.25, -0.2) is 4.98 Å². The van der Waals surface area contributed by atoms with Crippen LogP contribution in [-0.2, 0) is 0 Å². The van der Waals surface area contributed by atoms with Crippen molar-refractivity contribution in [3.05, 3.63) is 59.3 Å². The molecular formula is C19H24N2O. The van der Waals surface area contributed by atoms with Crippen LogP contribution < -0.4 is 5.32 Å². The van der Waals surface area contributed by atoms with Gasteiger partial charge in [-0.2, -0.15) is 0 Å². The second-order valence-electron chi connectivity index (χ2n) is 5.63. The number of hydrogen-bond donors (Lipinski definition) is 1. The molecule has 0 fully saturated rings. The van der Waals surface area contributed by atoms with E-state index in [2.05, 4.69) is 24.1 Å². The van der Waals surface area contributed by atoms with Crippen molar-refractivity contribution in [1.29, 1.82) is 0 Å². The van der Waals surface area contributed by atoms with Crippen molar-refractivity contribution in [3.63, 3.8) is 0 Å². The Balaban J connectivity index is 2.27. The fourth-order valence-electron chi connectivity index (χ4n) is 2.48. The number of aromatic nitrogens is 1. The van der Waals surface area contributed by atoms with E-state index in [1.165, 1.54) is 0 Å². The summed E-state index contributed by atoms with van der Waals surface area (Å²) < 4.78 is 0. The van der Waals surface area contributed by atoms with E-state index in [4.69, 9.17) is 0 Å². The highest BCUT2D eigenvalue weighted by atomic mass is 16.1. The van der Waals surface area contributed by atoms with Crippen molar-refractivity contribution in [2.24, 2.45) is 0 Å². The van der Waals surface area contributed by atoms with Crippen molar-refractivity contribution >= 4 is 11.6 Å². The van der Waals surface area contributed by atoms with Crippen LogP contribution in [0.3, 0.4) is 0 Å². The molecule has 1 aromatic carbocycles. The fourth-order valence-corrected chi connectivity index (χ4v) is 2.48. The molecule has 1 heterocycles. The standard InChI is InChI=1S/C19H24N2O/c1-4-7-16(5-2)21-19-17(8-6-13-20-19)18(22)15-11-9-14(3)10-12-15/h6,8-13,16H,4-5,7H2,1-3H3,(H,20,21). The Kier molecular flexibility index (Phi) is 5.70. The van der Waals surface area contributed by atoms with Gasteiger partial charge in [-0.1, -0.05) is 50.1 Å². The smallest absolute Gasteiger partial charge is 0.196 e. The molecule has 22 heavy (non-hydrogen) atoms. The van der Waals surface area contributed by atoms with E-state index < -0.39 is 0 Å². The number of anilines is 1. The Labute approximate surface area is 132 Å². The molecule has 0 aliphatic rings. The third-order valence-corrected chi connectivity index (χ3v) is 3.84. The van der Waals surface area contributed by atoms with E-state index in [1.54, 1.807) is 6.20 Å².